The fourth-order valence-electron chi connectivity index (χ4n) is 1.05. The van der Waals surface area contributed by atoms with Gasteiger partial charge in [-0.3, -0.25) is 0 Å². The summed E-state index contributed by atoms with van der Waals surface area (Å²) < 4.78 is 4.98. The highest BCUT2D eigenvalue weighted by Crippen LogP contribution is 2.23. The number of halogens is 1. The number of phenolic OH excluding ortho intramolecular Hbond substituents is 1. The summed E-state index contributed by atoms with van der Waals surface area (Å²) >= 11 is 3.11. The van der Waals surface area contributed by atoms with Crippen LogP contribution in [0.25, 0.3) is 11.3 Å². The molecule has 0 fully saturated rings. The molecule has 0 radical (unpaired) electrons. The standard InChI is InChI=1S/C9H6BrNO2/c10-9-11-8(5-13-9)6-2-1-3-7(12)4-6/h1-5,12H. The van der Waals surface area contributed by atoms with Crippen LogP contribution in [0.4, 0.5) is 0 Å². The molecular weight excluding hydrogens is 234 g/mol. The molecule has 0 aliphatic carbocycles. The third kappa shape index (κ3) is 1.72. The van der Waals surface area contributed by atoms with Gasteiger partial charge in [0.05, 0.1) is 0 Å². The van der Waals surface area contributed by atoms with E-state index >= 15 is 0 Å². The molecule has 0 atom stereocenters. The molecule has 0 saturated heterocycles. The first-order chi connectivity index (χ1) is 6.25. The lowest BCUT2D eigenvalue weighted by Crippen LogP contribution is -1.75. The van der Waals surface area contributed by atoms with Crippen molar-refractivity contribution in [3.8, 4) is 17.0 Å². The zero-order chi connectivity index (χ0) is 9.26. The lowest BCUT2D eigenvalue weighted by atomic mass is 10.2. The quantitative estimate of drug-likeness (QED) is 0.833. The summed E-state index contributed by atoms with van der Waals surface area (Å²) in [6.07, 6.45) is 1.53. The van der Waals surface area contributed by atoms with Crippen molar-refractivity contribution in [2.45, 2.75) is 0 Å². The molecule has 0 aliphatic heterocycles. The van der Waals surface area contributed by atoms with E-state index in [9.17, 15) is 5.11 Å². The highest BCUT2D eigenvalue weighted by Gasteiger charge is 2.03. The summed E-state index contributed by atoms with van der Waals surface area (Å²) in [6, 6.07) is 6.85. The molecule has 1 heterocycles. The highest BCUT2D eigenvalue weighted by atomic mass is 79.9. The van der Waals surface area contributed by atoms with Crippen molar-refractivity contribution in [3.05, 3.63) is 35.3 Å². The van der Waals surface area contributed by atoms with Crippen LogP contribution in [0, 0.1) is 0 Å². The van der Waals surface area contributed by atoms with Gasteiger partial charge < -0.3 is 9.52 Å². The summed E-state index contributed by atoms with van der Waals surface area (Å²) in [7, 11) is 0. The molecule has 1 N–H and O–H groups in total. The van der Waals surface area contributed by atoms with E-state index in [2.05, 4.69) is 20.9 Å². The molecule has 0 unspecified atom stereocenters. The maximum absolute atomic E-state index is 9.21. The van der Waals surface area contributed by atoms with Crippen LogP contribution in [0.1, 0.15) is 0 Å². The minimum absolute atomic E-state index is 0.219. The van der Waals surface area contributed by atoms with Gasteiger partial charge in [-0.15, -0.1) is 0 Å². The van der Waals surface area contributed by atoms with E-state index in [1.807, 2.05) is 6.07 Å². The van der Waals surface area contributed by atoms with E-state index < -0.39 is 0 Å². The summed E-state index contributed by atoms with van der Waals surface area (Å²) in [5.41, 5.74) is 1.53. The van der Waals surface area contributed by atoms with Gasteiger partial charge in [0, 0.05) is 21.5 Å². The maximum atomic E-state index is 9.21. The Morgan fingerprint density at radius 2 is 2.23 bits per heavy atom. The SMILES string of the molecule is Oc1cccc(-c2coc(Br)n2)c1. The molecule has 0 saturated carbocycles. The van der Waals surface area contributed by atoms with E-state index in [-0.39, 0.29) is 5.75 Å². The van der Waals surface area contributed by atoms with E-state index in [1.165, 1.54) is 6.26 Å². The molecule has 0 amide bonds. The zero-order valence-electron chi connectivity index (χ0n) is 6.57. The third-order valence-corrected chi connectivity index (χ3v) is 1.98. The van der Waals surface area contributed by atoms with Gasteiger partial charge in [-0.25, -0.2) is 4.98 Å². The van der Waals surface area contributed by atoms with Gasteiger partial charge in [0.25, 0.3) is 4.80 Å². The third-order valence-electron chi connectivity index (χ3n) is 1.62. The van der Waals surface area contributed by atoms with Crippen LogP contribution >= 0.6 is 15.9 Å². The number of benzene rings is 1. The first-order valence-corrected chi connectivity index (χ1v) is 4.45. The molecule has 0 aliphatic rings. The van der Waals surface area contributed by atoms with Crippen LogP contribution in [0.5, 0.6) is 5.75 Å². The van der Waals surface area contributed by atoms with E-state index in [1.54, 1.807) is 18.2 Å². The average Bonchev–Trinajstić information content (AvgIpc) is 2.52. The number of oxazole rings is 1. The van der Waals surface area contributed by atoms with Crippen molar-refractivity contribution >= 4 is 15.9 Å². The van der Waals surface area contributed by atoms with Crippen LogP contribution in [0.3, 0.4) is 0 Å². The summed E-state index contributed by atoms with van der Waals surface area (Å²) in [4.78, 5) is 4.50. The van der Waals surface area contributed by atoms with Crippen molar-refractivity contribution in [1.29, 1.82) is 0 Å². The Labute approximate surface area is 83.2 Å². The minimum Gasteiger partial charge on any atom is -0.508 e. The number of nitrogens with zero attached hydrogens (tertiary/aromatic N) is 1. The topological polar surface area (TPSA) is 46.3 Å². The summed E-state index contributed by atoms with van der Waals surface area (Å²) in [5.74, 6) is 0.219. The molecule has 66 valence electrons. The van der Waals surface area contributed by atoms with Crippen LogP contribution in [0.15, 0.2) is 39.7 Å². The Kier molecular flexibility index (Phi) is 2.06. The predicted molar refractivity (Wildman–Crippen MR) is 51.3 cm³/mol. The highest BCUT2D eigenvalue weighted by molar-refractivity contribution is 9.10. The molecule has 1 aromatic carbocycles. The molecule has 13 heavy (non-hydrogen) atoms. The second kappa shape index (κ2) is 3.22. The maximum Gasteiger partial charge on any atom is 0.264 e. The summed E-state index contributed by atoms with van der Waals surface area (Å²) in [5, 5.41) is 9.21. The monoisotopic (exact) mass is 239 g/mol. The molecule has 2 aromatic rings. The van der Waals surface area contributed by atoms with Gasteiger partial charge in [0.15, 0.2) is 0 Å². The van der Waals surface area contributed by atoms with Crippen LogP contribution < -0.4 is 0 Å². The average molecular weight is 240 g/mol. The Bertz CT molecular complexity index is 425. The van der Waals surface area contributed by atoms with Crippen LogP contribution in [0.2, 0.25) is 0 Å². The first kappa shape index (κ1) is 8.31. The lowest BCUT2D eigenvalue weighted by Gasteiger charge is -1.95. The number of phenols is 1. The molecule has 0 spiro atoms. The summed E-state index contributed by atoms with van der Waals surface area (Å²) in [6.45, 7) is 0. The van der Waals surface area contributed by atoms with Crippen LogP contribution in [-0.4, -0.2) is 10.1 Å². The number of aromatic hydroxyl groups is 1. The van der Waals surface area contributed by atoms with Gasteiger partial charge in [0.2, 0.25) is 0 Å². The zero-order valence-corrected chi connectivity index (χ0v) is 8.15. The normalized spacial score (nSPS) is 10.2. The van der Waals surface area contributed by atoms with Gasteiger partial charge in [-0.1, -0.05) is 12.1 Å². The molecule has 3 nitrogen and oxygen atoms in total. The molecule has 2 rings (SSSR count). The minimum atomic E-state index is 0.219. The molecular formula is C9H6BrNO2. The number of aromatic nitrogens is 1. The fourth-order valence-corrected chi connectivity index (χ4v) is 1.33. The van der Waals surface area contributed by atoms with E-state index in [0.717, 1.165) is 5.56 Å². The molecule has 1 aromatic heterocycles. The van der Waals surface area contributed by atoms with Crippen molar-refractivity contribution in [1.82, 2.24) is 4.98 Å². The predicted octanol–water partition coefficient (Wildman–Crippen LogP) is 2.81. The van der Waals surface area contributed by atoms with Crippen molar-refractivity contribution < 1.29 is 9.52 Å². The number of hydrogen-bond acceptors (Lipinski definition) is 3. The van der Waals surface area contributed by atoms with Crippen molar-refractivity contribution in [2.24, 2.45) is 0 Å². The van der Waals surface area contributed by atoms with Gasteiger partial charge in [0.1, 0.15) is 17.7 Å². The Morgan fingerprint density at radius 1 is 1.38 bits per heavy atom. The Balaban J connectivity index is 2.46. The van der Waals surface area contributed by atoms with E-state index in [4.69, 9.17) is 4.42 Å². The second-order valence-corrected chi connectivity index (χ2v) is 3.21. The van der Waals surface area contributed by atoms with Gasteiger partial charge in [-0.2, -0.15) is 0 Å². The van der Waals surface area contributed by atoms with Crippen molar-refractivity contribution in [3.63, 3.8) is 0 Å². The molecule has 4 heteroatoms. The van der Waals surface area contributed by atoms with Crippen LogP contribution in [-0.2, 0) is 0 Å². The largest absolute Gasteiger partial charge is 0.508 e. The smallest absolute Gasteiger partial charge is 0.264 e. The van der Waals surface area contributed by atoms with E-state index in [0.29, 0.717) is 10.5 Å². The molecule has 0 bridgehead atoms. The Morgan fingerprint density at radius 3 is 2.85 bits per heavy atom. The fraction of sp³-hybridized carbons (Fsp3) is 0. The first-order valence-electron chi connectivity index (χ1n) is 3.66. The van der Waals surface area contributed by atoms with Gasteiger partial charge in [-0.05, 0) is 12.1 Å². The van der Waals surface area contributed by atoms with Gasteiger partial charge >= 0.3 is 0 Å². The number of rotatable bonds is 1. The second-order valence-electron chi connectivity index (χ2n) is 2.54. The number of hydrogen-bond donors (Lipinski definition) is 1. The Hall–Kier alpha value is -1.29. The van der Waals surface area contributed by atoms with Crippen molar-refractivity contribution in [2.75, 3.05) is 0 Å². The lowest BCUT2D eigenvalue weighted by molar-refractivity contribution is 0.475.